The van der Waals surface area contributed by atoms with Crippen LogP contribution in [0.1, 0.15) is 20.3 Å². The van der Waals surface area contributed by atoms with Crippen LogP contribution in [0.4, 0.5) is 4.79 Å². The van der Waals surface area contributed by atoms with Crippen molar-refractivity contribution < 1.29 is 19.4 Å². The highest BCUT2D eigenvalue weighted by molar-refractivity contribution is 5.82. The van der Waals surface area contributed by atoms with Crippen molar-refractivity contribution in [1.82, 2.24) is 10.6 Å². The summed E-state index contributed by atoms with van der Waals surface area (Å²) < 4.78 is 4.91. The van der Waals surface area contributed by atoms with Crippen LogP contribution in [0.3, 0.4) is 0 Å². The lowest BCUT2D eigenvalue weighted by Gasteiger charge is -2.15. The van der Waals surface area contributed by atoms with Crippen molar-refractivity contribution in [2.45, 2.75) is 26.3 Å². The molecule has 0 aliphatic rings. The first-order chi connectivity index (χ1) is 7.51. The smallest absolute Gasteiger partial charge is 0.326 e. The van der Waals surface area contributed by atoms with Gasteiger partial charge in [0.05, 0.1) is 6.61 Å². The molecule has 1 unspecified atom stereocenters. The van der Waals surface area contributed by atoms with Crippen molar-refractivity contribution in [2.24, 2.45) is 5.92 Å². The number of carboxylic acid groups (broad SMARTS) is 1. The van der Waals surface area contributed by atoms with E-state index >= 15 is 0 Å². The van der Waals surface area contributed by atoms with E-state index in [1.807, 2.05) is 6.92 Å². The molecule has 0 aromatic carbocycles. The van der Waals surface area contributed by atoms with Crippen molar-refractivity contribution >= 4 is 12.0 Å². The molecule has 0 heterocycles. The lowest BCUT2D eigenvalue weighted by atomic mass is 10.2. The zero-order valence-electron chi connectivity index (χ0n) is 9.95. The Morgan fingerprint density at radius 3 is 2.50 bits per heavy atom. The number of carbonyl (C=O) groups excluding carboxylic acids is 1. The topological polar surface area (TPSA) is 87.7 Å². The van der Waals surface area contributed by atoms with Crippen molar-refractivity contribution in [3.63, 3.8) is 0 Å². The first kappa shape index (κ1) is 14.7. The van der Waals surface area contributed by atoms with E-state index in [1.165, 1.54) is 0 Å². The molecule has 0 aliphatic heterocycles. The summed E-state index contributed by atoms with van der Waals surface area (Å²) in [6.45, 7) is 4.64. The summed E-state index contributed by atoms with van der Waals surface area (Å²) in [7, 11) is 1.59. The van der Waals surface area contributed by atoms with Gasteiger partial charge in [-0.3, -0.25) is 0 Å². The van der Waals surface area contributed by atoms with Gasteiger partial charge in [-0.1, -0.05) is 13.8 Å². The Morgan fingerprint density at radius 2 is 2.06 bits per heavy atom. The number of methoxy groups -OCH3 is 1. The Hall–Kier alpha value is -1.30. The maximum atomic E-state index is 11.3. The second-order valence-corrected chi connectivity index (χ2v) is 3.71. The van der Waals surface area contributed by atoms with E-state index in [0.29, 0.717) is 19.6 Å². The minimum absolute atomic E-state index is 0.195. The average molecular weight is 232 g/mol. The quantitative estimate of drug-likeness (QED) is 0.594. The van der Waals surface area contributed by atoms with Crippen molar-refractivity contribution in [3.05, 3.63) is 0 Å². The minimum atomic E-state index is -1.03. The third-order valence-electron chi connectivity index (χ3n) is 2.07. The van der Waals surface area contributed by atoms with E-state index < -0.39 is 18.0 Å². The molecule has 0 saturated heterocycles. The number of ether oxygens (including phenoxy) is 1. The van der Waals surface area contributed by atoms with Gasteiger partial charge in [-0.05, 0) is 12.3 Å². The van der Waals surface area contributed by atoms with Crippen LogP contribution in [-0.4, -0.2) is 43.4 Å². The summed E-state index contributed by atoms with van der Waals surface area (Å²) in [4.78, 5) is 21.9. The Bertz CT molecular complexity index is 233. The van der Waals surface area contributed by atoms with Gasteiger partial charge in [0.15, 0.2) is 0 Å². The summed E-state index contributed by atoms with van der Waals surface area (Å²) in [5.41, 5.74) is 0. The van der Waals surface area contributed by atoms with Crippen LogP contribution in [0.15, 0.2) is 0 Å². The number of aliphatic carboxylic acids is 1. The lowest BCUT2D eigenvalue weighted by molar-refractivity contribution is -0.139. The predicted octanol–water partition coefficient (Wildman–Crippen LogP) is 0.431. The molecule has 0 fully saturated rings. The predicted molar refractivity (Wildman–Crippen MR) is 59.3 cm³/mol. The van der Waals surface area contributed by atoms with Crippen LogP contribution < -0.4 is 10.6 Å². The fraction of sp³-hybridized carbons (Fsp3) is 0.800. The van der Waals surface area contributed by atoms with E-state index in [-0.39, 0.29) is 5.92 Å². The number of carbonyl (C=O) groups is 2. The molecule has 0 rings (SSSR count). The highest BCUT2D eigenvalue weighted by atomic mass is 16.5. The fourth-order valence-corrected chi connectivity index (χ4v) is 1.16. The maximum absolute atomic E-state index is 11.3. The van der Waals surface area contributed by atoms with E-state index in [9.17, 15) is 9.59 Å². The molecule has 6 nitrogen and oxygen atoms in total. The van der Waals surface area contributed by atoms with E-state index in [1.54, 1.807) is 14.0 Å². The number of nitrogens with one attached hydrogen (secondary N) is 2. The number of hydrogen-bond acceptors (Lipinski definition) is 3. The van der Waals surface area contributed by atoms with Crippen LogP contribution in [-0.2, 0) is 9.53 Å². The van der Waals surface area contributed by atoms with Gasteiger partial charge in [-0.25, -0.2) is 9.59 Å². The molecule has 16 heavy (non-hydrogen) atoms. The third-order valence-corrected chi connectivity index (χ3v) is 2.07. The number of amides is 2. The van der Waals surface area contributed by atoms with Gasteiger partial charge >= 0.3 is 12.0 Å². The molecule has 0 saturated carbocycles. The standard InChI is InChI=1S/C10H20N2O4/c1-4-8(9(13)14)12-10(15)11-5-7(2)6-16-3/h7-8H,4-6H2,1-3H3,(H,13,14)(H2,11,12,15)/t7?,8-/m1/s1. The van der Waals surface area contributed by atoms with E-state index in [2.05, 4.69) is 10.6 Å². The van der Waals surface area contributed by atoms with Crippen LogP contribution in [0.5, 0.6) is 0 Å². The van der Waals surface area contributed by atoms with Crippen LogP contribution in [0, 0.1) is 5.92 Å². The number of urea groups is 1. The zero-order valence-corrected chi connectivity index (χ0v) is 9.95. The first-order valence-corrected chi connectivity index (χ1v) is 5.27. The fourth-order valence-electron chi connectivity index (χ4n) is 1.16. The average Bonchev–Trinajstić information content (AvgIpc) is 2.23. The molecule has 3 N–H and O–H groups in total. The van der Waals surface area contributed by atoms with E-state index in [0.717, 1.165) is 0 Å². The SMILES string of the molecule is CC[C@@H](NC(=O)NCC(C)COC)C(=O)O. The lowest BCUT2D eigenvalue weighted by Crippen LogP contribution is -2.46. The van der Waals surface area contributed by atoms with Gasteiger partial charge < -0.3 is 20.5 Å². The molecule has 0 radical (unpaired) electrons. The van der Waals surface area contributed by atoms with Gasteiger partial charge in [0, 0.05) is 13.7 Å². The summed E-state index contributed by atoms with van der Waals surface area (Å²) in [5, 5.41) is 13.7. The summed E-state index contributed by atoms with van der Waals surface area (Å²) in [6.07, 6.45) is 0.358. The maximum Gasteiger partial charge on any atom is 0.326 e. The minimum Gasteiger partial charge on any atom is -0.480 e. The molecule has 6 heteroatoms. The molecule has 0 spiro atoms. The van der Waals surface area contributed by atoms with Gasteiger partial charge in [0.2, 0.25) is 0 Å². The molecule has 0 aromatic heterocycles. The van der Waals surface area contributed by atoms with Gasteiger partial charge in [-0.2, -0.15) is 0 Å². The molecular weight excluding hydrogens is 212 g/mol. The summed E-state index contributed by atoms with van der Waals surface area (Å²) >= 11 is 0. The van der Waals surface area contributed by atoms with E-state index in [4.69, 9.17) is 9.84 Å². The van der Waals surface area contributed by atoms with Crippen molar-refractivity contribution in [1.29, 1.82) is 0 Å². The highest BCUT2D eigenvalue weighted by Gasteiger charge is 2.17. The largest absolute Gasteiger partial charge is 0.480 e. The molecule has 0 bridgehead atoms. The second-order valence-electron chi connectivity index (χ2n) is 3.71. The Labute approximate surface area is 95.4 Å². The van der Waals surface area contributed by atoms with Crippen molar-refractivity contribution in [3.8, 4) is 0 Å². The number of rotatable bonds is 7. The molecule has 0 aromatic rings. The normalized spacial score (nSPS) is 13.9. The van der Waals surface area contributed by atoms with Gasteiger partial charge in [0.25, 0.3) is 0 Å². The van der Waals surface area contributed by atoms with Gasteiger partial charge in [0.1, 0.15) is 6.04 Å². The molecule has 0 aliphatic carbocycles. The second kappa shape index (κ2) is 7.92. The zero-order chi connectivity index (χ0) is 12.6. The van der Waals surface area contributed by atoms with Crippen molar-refractivity contribution in [2.75, 3.05) is 20.3 Å². The van der Waals surface area contributed by atoms with Gasteiger partial charge in [-0.15, -0.1) is 0 Å². The third kappa shape index (κ3) is 6.23. The number of carboxylic acids is 1. The molecule has 2 amide bonds. The Balaban J connectivity index is 3.85. The van der Waals surface area contributed by atoms with Crippen LogP contribution in [0.25, 0.3) is 0 Å². The Morgan fingerprint density at radius 1 is 1.44 bits per heavy atom. The van der Waals surface area contributed by atoms with Crippen LogP contribution >= 0.6 is 0 Å². The summed E-state index contributed by atoms with van der Waals surface area (Å²) in [5.74, 6) is -0.830. The monoisotopic (exact) mass is 232 g/mol. The summed E-state index contributed by atoms with van der Waals surface area (Å²) in [6, 6.07) is -1.30. The first-order valence-electron chi connectivity index (χ1n) is 5.27. The van der Waals surface area contributed by atoms with Crippen LogP contribution in [0.2, 0.25) is 0 Å². The Kier molecular flexibility index (Phi) is 7.28. The molecular formula is C10H20N2O4. The number of hydrogen-bond donors (Lipinski definition) is 3. The molecule has 94 valence electrons. The molecule has 2 atom stereocenters. The highest BCUT2D eigenvalue weighted by Crippen LogP contribution is 1.93.